The summed E-state index contributed by atoms with van der Waals surface area (Å²) in [5.74, 6) is 4.17. The van der Waals surface area contributed by atoms with Gasteiger partial charge in [0.2, 0.25) is 5.91 Å². The van der Waals surface area contributed by atoms with E-state index in [1.54, 1.807) is 16.7 Å². The smallest absolute Gasteiger partial charge is 0.279 e. The minimum absolute atomic E-state index is 0.118. The van der Waals surface area contributed by atoms with Crippen LogP contribution >= 0.6 is 11.8 Å². The first-order valence-electron chi connectivity index (χ1n) is 9.27. The van der Waals surface area contributed by atoms with Crippen LogP contribution in [-0.4, -0.2) is 34.9 Å². The minimum Gasteiger partial charge on any atom is -0.493 e. The first kappa shape index (κ1) is 20.8. The van der Waals surface area contributed by atoms with Gasteiger partial charge in [-0.3, -0.25) is 9.59 Å². The number of nitrogens with one attached hydrogen (secondary N) is 1. The lowest BCUT2D eigenvalue weighted by Crippen LogP contribution is -2.33. The highest BCUT2D eigenvalue weighted by Crippen LogP contribution is 2.39. The standard InChI is InChI=1S/C21H23N3O4S/c1-5-9-28-15-8-7-13(11-16(15)27-4)14-12-17(25)22-19-18(14)20(26)23-21(24(19)3)29-10-6-2/h1,7-8,11,14H,6,9-10,12H2,2-4H3,(H,22,25). The fraction of sp³-hybridized carbons (Fsp3) is 0.381. The molecular weight excluding hydrogens is 390 g/mol. The Bertz CT molecular complexity index is 1030. The van der Waals surface area contributed by atoms with E-state index >= 15 is 0 Å². The number of amides is 1. The van der Waals surface area contributed by atoms with E-state index in [-0.39, 0.29) is 24.5 Å². The Morgan fingerprint density at radius 2 is 2.17 bits per heavy atom. The van der Waals surface area contributed by atoms with Crippen molar-refractivity contribution in [2.45, 2.75) is 30.8 Å². The number of nitrogens with zero attached hydrogens (tertiary/aromatic N) is 2. The minimum atomic E-state index is -0.425. The molecule has 0 spiro atoms. The molecule has 1 aliphatic heterocycles. The molecule has 0 bridgehead atoms. The maximum absolute atomic E-state index is 12.9. The number of carbonyl (C=O) groups is 1. The lowest BCUT2D eigenvalue weighted by molar-refractivity contribution is -0.116. The van der Waals surface area contributed by atoms with Gasteiger partial charge < -0.3 is 19.4 Å². The fourth-order valence-corrected chi connectivity index (χ4v) is 4.10. The lowest BCUT2D eigenvalue weighted by Gasteiger charge is -2.28. The second kappa shape index (κ2) is 9.05. The quantitative estimate of drug-likeness (QED) is 0.427. The van der Waals surface area contributed by atoms with Gasteiger partial charge in [-0.15, -0.1) is 6.42 Å². The highest BCUT2D eigenvalue weighted by molar-refractivity contribution is 7.99. The van der Waals surface area contributed by atoms with Crippen molar-refractivity contribution in [3.8, 4) is 23.8 Å². The lowest BCUT2D eigenvalue weighted by atomic mass is 9.86. The Morgan fingerprint density at radius 3 is 2.86 bits per heavy atom. The largest absolute Gasteiger partial charge is 0.493 e. The SMILES string of the molecule is C#CCOc1ccc(C2CC(=O)Nc3c2c(=O)nc(SCCC)n3C)cc1OC. The van der Waals surface area contributed by atoms with Crippen molar-refractivity contribution in [3.05, 3.63) is 39.7 Å². The zero-order valence-corrected chi connectivity index (χ0v) is 17.5. The summed E-state index contributed by atoms with van der Waals surface area (Å²) in [7, 11) is 3.34. The van der Waals surface area contributed by atoms with E-state index in [1.807, 2.05) is 13.1 Å². The molecule has 7 nitrogen and oxygen atoms in total. The third kappa shape index (κ3) is 4.25. The number of carbonyl (C=O) groups excluding carboxylic acids is 1. The van der Waals surface area contributed by atoms with E-state index in [9.17, 15) is 9.59 Å². The van der Waals surface area contributed by atoms with Gasteiger partial charge in [-0.05, 0) is 24.1 Å². The number of ether oxygens (including phenoxy) is 2. The van der Waals surface area contributed by atoms with Gasteiger partial charge >= 0.3 is 0 Å². The van der Waals surface area contributed by atoms with Crippen LogP contribution in [0.3, 0.4) is 0 Å². The highest BCUT2D eigenvalue weighted by Gasteiger charge is 2.32. The molecule has 8 heteroatoms. The zero-order chi connectivity index (χ0) is 21.0. The van der Waals surface area contributed by atoms with E-state index in [1.165, 1.54) is 18.9 Å². The van der Waals surface area contributed by atoms with E-state index in [4.69, 9.17) is 15.9 Å². The van der Waals surface area contributed by atoms with E-state index in [0.717, 1.165) is 17.7 Å². The number of anilines is 1. The third-order valence-electron chi connectivity index (χ3n) is 4.64. The van der Waals surface area contributed by atoms with Gasteiger partial charge in [0.25, 0.3) is 5.56 Å². The number of methoxy groups -OCH3 is 1. The molecule has 1 aromatic carbocycles. The second-order valence-electron chi connectivity index (χ2n) is 6.58. The summed E-state index contributed by atoms with van der Waals surface area (Å²) in [6, 6.07) is 5.33. The van der Waals surface area contributed by atoms with E-state index < -0.39 is 5.92 Å². The number of fused-ring (bicyclic) bond motifs is 1. The predicted octanol–water partition coefficient (Wildman–Crippen LogP) is 2.78. The van der Waals surface area contributed by atoms with Gasteiger partial charge in [-0.25, -0.2) is 0 Å². The molecule has 29 heavy (non-hydrogen) atoms. The molecule has 152 valence electrons. The average Bonchev–Trinajstić information content (AvgIpc) is 2.72. The highest BCUT2D eigenvalue weighted by atomic mass is 32.2. The Labute approximate surface area is 173 Å². The molecule has 1 unspecified atom stereocenters. The van der Waals surface area contributed by atoms with Gasteiger partial charge in [0.15, 0.2) is 16.7 Å². The number of thioether (sulfide) groups is 1. The summed E-state index contributed by atoms with van der Waals surface area (Å²) < 4.78 is 12.7. The molecule has 0 aliphatic carbocycles. The second-order valence-corrected chi connectivity index (χ2v) is 7.64. The summed E-state index contributed by atoms with van der Waals surface area (Å²) in [5, 5.41) is 3.44. The van der Waals surface area contributed by atoms with Crippen molar-refractivity contribution in [3.63, 3.8) is 0 Å². The van der Waals surface area contributed by atoms with Crippen LogP contribution in [-0.2, 0) is 11.8 Å². The average molecular weight is 413 g/mol. The van der Waals surface area contributed by atoms with Crippen LogP contribution in [0.1, 0.15) is 36.8 Å². The summed E-state index contributed by atoms with van der Waals surface area (Å²) in [5.41, 5.74) is 0.930. The van der Waals surface area contributed by atoms with Crippen LogP contribution in [0.15, 0.2) is 28.2 Å². The monoisotopic (exact) mass is 413 g/mol. The van der Waals surface area contributed by atoms with Crippen LogP contribution in [0.25, 0.3) is 0 Å². The van der Waals surface area contributed by atoms with Crippen LogP contribution < -0.4 is 20.3 Å². The van der Waals surface area contributed by atoms with Gasteiger partial charge in [0.05, 0.1) is 12.7 Å². The van der Waals surface area contributed by atoms with Crippen molar-refractivity contribution in [1.29, 1.82) is 0 Å². The zero-order valence-electron chi connectivity index (χ0n) is 16.7. The van der Waals surface area contributed by atoms with Gasteiger partial charge in [-0.2, -0.15) is 4.98 Å². The Balaban J connectivity index is 2.07. The van der Waals surface area contributed by atoms with Crippen molar-refractivity contribution in [2.24, 2.45) is 7.05 Å². The molecule has 2 heterocycles. The predicted molar refractivity (Wildman–Crippen MR) is 113 cm³/mol. The Hall–Kier alpha value is -2.92. The molecule has 3 rings (SSSR count). The van der Waals surface area contributed by atoms with Crippen molar-refractivity contribution in [2.75, 3.05) is 24.8 Å². The number of benzene rings is 1. The molecule has 0 saturated carbocycles. The molecule has 0 radical (unpaired) electrons. The maximum Gasteiger partial charge on any atom is 0.279 e. The number of hydrogen-bond acceptors (Lipinski definition) is 6. The van der Waals surface area contributed by atoms with Crippen LogP contribution in [0, 0.1) is 12.3 Å². The number of terminal acetylenes is 1. The van der Waals surface area contributed by atoms with Crippen LogP contribution in [0.4, 0.5) is 5.82 Å². The Morgan fingerprint density at radius 1 is 1.38 bits per heavy atom. The number of rotatable bonds is 7. The van der Waals surface area contributed by atoms with Crippen LogP contribution in [0.2, 0.25) is 0 Å². The third-order valence-corrected chi connectivity index (χ3v) is 5.87. The van der Waals surface area contributed by atoms with Gasteiger partial charge in [0, 0.05) is 25.1 Å². The van der Waals surface area contributed by atoms with Gasteiger partial charge in [0.1, 0.15) is 12.4 Å². The molecule has 1 N–H and O–H groups in total. The molecule has 1 amide bonds. The summed E-state index contributed by atoms with van der Waals surface area (Å²) >= 11 is 1.50. The summed E-state index contributed by atoms with van der Waals surface area (Å²) in [4.78, 5) is 29.6. The normalized spacial score (nSPS) is 15.2. The van der Waals surface area contributed by atoms with Crippen LogP contribution in [0.5, 0.6) is 11.5 Å². The molecule has 2 aromatic rings. The first-order chi connectivity index (χ1) is 14.0. The Kier molecular flexibility index (Phi) is 6.49. The molecule has 0 saturated heterocycles. The summed E-state index contributed by atoms with van der Waals surface area (Å²) in [6.45, 7) is 2.18. The van der Waals surface area contributed by atoms with Crippen molar-refractivity contribution < 1.29 is 14.3 Å². The van der Waals surface area contributed by atoms with Gasteiger partial charge in [-0.1, -0.05) is 30.7 Å². The molecular formula is C21H23N3O4S. The molecule has 1 aliphatic rings. The topological polar surface area (TPSA) is 82.5 Å². The van der Waals surface area contributed by atoms with Crippen molar-refractivity contribution >= 4 is 23.5 Å². The molecule has 0 fully saturated rings. The van der Waals surface area contributed by atoms with E-state index in [0.29, 0.717) is 28.0 Å². The summed E-state index contributed by atoms with van der Waals surface area (Å²) in [6.07, 6.45) is 6.36. The fourth-order valence-electron chi connectivity index (χ4n) is 3.28. The van der Waals surface area contributed by atoms with Crippen molar-refractivity contribution in [1.82, 2.24) is 9.55 Å². The van der Waals surface area contributed by atoms with E-state index in [2.05, 4.69) is 23.1 Å². The first-order valence-corrected chi connectivity index (χ1v) is 10.3. The molecule has 1 aromatic heterocycles. The number of hydrogen-bond donors (Lipinski definition) is 1. The maximum atomic E-state index is 12.9. The number of aromatic nitrogens is 2. The molecule has 1 atom stereocenters.